The van der Waals surface area contributed by atoms with Crippen molar-refractivity contribution in [3.05, 3.63) is 58.6 Å². The molecule has 4 nitrogen and oxygen atoms in total. The summed E-state index contributed by atoms with van der Waals surface area (Å²) in [6.45, 7) is 6.04. The van der Waals surface area contributed by atoms with Gasteiger partial charge in [-0.3, -0.25) is 4.79 Å². The third-order valence-electron chi connectivity index (χ3n) is 5.30. The Kier molecular flexibility index (Phi) is 6.10. The number of para-hydroxylation sites is 1. The lowest BCUT2D eigenvalue weighted by molar-refractivity contribution is -0.128. The van der Waals surface area contributed by atoms with Crippen LogP contribution in [0.25, 0.3) is 0 Å². The number of ether oxygens (including phenoxy) is 2. The van der Waals surface area contributed by atoms with Crippen LogP contribution >= 0.6 is 15.9 Å². The Morgan fingerprint density at radius 1 is 1.22 bits per heavy atom. The van der Waals surface area contributed by atoms with Crippen LogP contribution in [-0.4, -0.2) is 17.6 Å². The molecule has 1 aliphatic rings. The second-order valence-electron chi connectivity index (χ2n) is 7.01. The average molecular weight is 432 g/mol. The molecule has 0 fully saturated rings. The number of nitrogens with one attached hydrogen (secondary N) is 1. The van der Waals surface area contributed by atoms with Crippen molar-refractivity contribution in [1.82, 2.24) is 5.32 Å². The Morgan fingerprint density at radius 3 is 2.56 bits per heavy atom. The average Bonchev–Trinajstić information content (AvgIpc) is 2.69. The van der Waals surface area contributed by atoms with Crippen molar-refractivity contribution >= 4 is 21.8 Å². The minimum absolute atomic E-state index is 0.0849. The topological polar surface area (TPSA) is 47.6 Å². The van der Waals surface area contributed by atoms with Gasteiger partial charge < -0.3 is 14.8 Å². The van der Waals surface area contributed by atoms with Gasteiger partial charge in [0.25, 0.3) is 5.91 Å². The van der Waals surface area contributed by atoms with Gasteiger partial charge in [-0.05, 0) is 50.1 Å². The lowest BCUT2D eigenvalue weighted by atomic mass is 9.83. The van der Waals surface area contributed by atoms with Crippen molar-refractivity contribution in [1.29, 1.82) is 0 Å². The molecule has 0 bridgehead atoms. The highest BCUT2D eigenvalue weighted by Gasteiger charge is 2.39. The summed E-state index contributed by atoms with van der Waals surface area (Å²) in [5, 5.41) is 3.18. The minimum atomic E-state index is -0.584. The Labute approximate surface area is 169 Å². The fourth-order valence-electron chi connectivity index (χ4n) is 3.49. The van der Waals surface area contributed by atoms with Crippen molar-refractivity contribution in [2.75, 3.05) is 0 Å². The molecule has 3 rings (SSSR count). The van der Waals surface area contributed by atoms with Gasteiger partial charge >= 0.3 is 0 Å². The number of benzene rings is 2. The molecule has 1 amide bonds. The maximum atomic E-state index is 12.8. The summed E-state index contributed by atoms with van der Waals surface area (Å²) in [7, 11) is 0. The lowest BCUT2D eigenvalue weighted by Crippen LogP contribution is -2.46. The molecule has 0 spiro atoms. The number of hydrogen-bond donors (Lipinski definition) is 1. The Balaban J connectivity index is 1.74. The largest absolute Gasteiger partial charge is 0.487 e. The highest BCUT2D eigenvalue weighted by molar-refractivity contribution is 9.10. The quantitative estimate of drug-likeness (QED) is 0.664. The molecule has 2 aromatic rings. The predicted octanol–water partition coefficient (Wildman–Crippen LogP) is 5.42. The van der Waals surface area contributed by atoms with E-state index in [0.717, 1.165) is 35.0 Å². The number of halogens is 1. The molecule has 1 heterocycles. The number of hydrogen-bond acceptors (Lipinski definition) is 3. The van der Waals surface area contributed by atoms with Gasteiger partial charge in [-0.25, -0.2) is 0 Å². The second kappa shape index (κ2) is 8.34. The van der Waals surface area contributed by atoms with E-state index >= 15 is 0 Å². The van der Waals surface area contributed by atoms with Crippen molar-refractivity contribution in [2.24, 2.45) is 0 Å². The Morgan fingerprint density at radius 2 is 1.89 bits per heavy atom. The molecule has 144 valence electrons. The van der Waals surface area contributed by atoms with Crippen LogP contribution in [0.4, 0.5) is 0 Å². The van der Waals surface area contributed by atoms with Crippen LogP contribution in [0.5, 0.6) is 11.5 Å². The zero-order chi connectivity index (χ0) is 19.4. The maximum Gasteiger partial charge on any atom is 0.261 e. The number of rotatable bonds is 6. The first-order valence-corrected chi connectivity index (χ1v) is 10.3. The van der Waals surface area contributed by atoms with E-state index in [2.05, 4.69) is 35.1 Å². The summed E-state index contributed by atoms with van der Waals surface area (Å²) in [5.41, 5.74) is 0.779. The zero-order valence-corrected chi connectivity index (χ0v) is 17.6. The van der Waals surface area contributed by atoms with Crippen molar-refractivity contribution in [3.63, 3.8) is 0 Å². The fraction of sp³-hybridized carbons (Fsp3) is 0.409. The highest BCUT2D eigenvalue weighted by atomic mass is 79.9. The van der Waals surface area contributed by atoms with Gasteiger partial charge in [0.1, 0.15) is 17.1 Å². The van der Waals surface area contributed by atoms with Crippen LogP contribution in [0.2, 0.25) is 0 Å². The minimum Gasteiger partial charge on any atom is -0.487 e. The molecule has 0 saturated carbocycles. The van der Waals surface area contributed by atoms with Gasteiger partial charge in [0.2, 0.25) is 0 Å². The van der Waals surface area contributed by atoms with Crippen LogP contribution < -0.4 is 14.8 Å². The molecule has 2 aromatic carbocycles. The van der Waals surface area contributed by atoms with Gasteiger partial charge in [0, 0.05) is 16.5 Å². The first kappa shape index (κ1) is 19.7. The van der Waals surface area contributed by atoms with Crippen LogP contribution in [0.3, 0.4) is 0 Å². The van der Waals surface area contributed by atoms with Gasteiger partial charge in [-0.1, -0.05) is 48.0 Å². The van der Waals surface area contributed by atoms with Gasteiger partial charge in [-0.2, -0.15) is 0 Å². The van der Waals surface area contributed by atoms with E-state index in [4.69, 9.17) is 9.47 Å². The molecule has 0 saturated heterocycles. The van der Waals surface area contributed by atoms with Crippen molar-refractivity contribution in [2.45, 2.75) is 57.8 Å². The Hall–Kier alpha value is -2.01. The molecule has 1 aliphatic heterocycles. The highest BCUT2D eigenvalue weighted by Crippen LogP contribution is 2.42. The summed E-state index contributed by atoms with van der Waals surface area (Å²) in [4.78, 5) is 12.8. The van der Waals surface area contributed by atoms with Crippen molar-refractivity contribution < 1.29 is 14.3 Å². The third-order valence-corrected chi connectivity index (χ3v) is 5.83. The maximum absolute atomic E-state index is 12.8. The standard InChI is InChI=1S/C22H26BrNO3/c1-4-22(5-2)14-19(18-8-6-7-9-20(18)27-22)24-21(25)15(3)26-17-12-10-16(23)11-13-17/h6-13,15,19H,4-5,14H2,1-3H3,(H,24,25)/t15-,19+/m0/s1. The van der Waals surface area contributed by atoms with Crippen molar-refractivity contribution in [3.8, 4) is 11.5 Å². The molecule has 0 aliphatic carbocycles. The van der Waals surface area contributed by atoms with E-state index < -0.39 is 6.10 Å². The molecule has 0 unspecified atom stereocenters. The van der Waals surface area contributed by atoms with Gasteiger partial charge in [0.15, 0.2) is 6.10 Å². The fourth-order valence-corrected chi connectivity index (χ4v) is 3.75. The molecule has 1 N–H and O–H groups in total. The third kappa shape index (κ3) is 4.46. The van der Waals surface area contributed by atoms with E-state index in [1.54, 1.807) is 6.92 Å². The molecule has 0 aromatic heterocycles. The van der Waals surface area contributed by atoms with Gasteiger partial charge in [-0.15, -0.1) is 0 Å². The van der Waals surface area contributed by atoms with E-state index in [9.17, 15) is 4.79 Å². The smallest absolute Gasteiger partial charge is 0.261 e. The zero-order valence-electron chi connectivity index (χ0n) is 16.0. The summed E-state index contributed by atoms with van der Waals surface area (Å²) in [5.74, 6) is 1.41. The van der Waals surface area contributed by atoms with Crippen LogP contribution in [0, 0.1) is 0 Å². The SMILES string of the molecule is CCC1(CC)C[C@@H](NC(=O)[C@H](C)Oc2ccc(Br)cc2)c2ccccc2O1. The number of amides is 1. The van der Waals surface area contributed by atoms with Crippen LogP contribution in [0.1, 0.15) is 51.6 Å². The number of carbonyl (C=O) groups excluding carboxylic acids is 1. The summed E-state index contributed by atoms with van der Waals surface area (Å²) in [6, 6.07) is 15.3. The first-order valence-electron chi connectivity index (χ1n) is 9.47. The summed E-state index contributed by atoms with van der Waals surface area (Å²) >= 11 is 3.40. The predicted molar refractivity (Wildman–Crippen MR) is 110 cm³/mol. The van der Waals surface area contributed by atoms with Crippen LogP contribution in [-0.2, 0) is 4.79 Å². The van der Waals surface area contributed by atoms with E-state index in [1.807, 2.05) is 48.5 Å². The molecule has 2 atom stereocenters. The molecular formula is C22H26BrNO3. The van der Waals surface area contributed by atoms with E-state index in [1.165, 1.54) is 0 Å². The monoisotopic (exact) mass is 431 g/mol. The van der Waals surface area contributed by atoms with E-state index in [-0.39, 0.29) is 17.6 Å². The summed E-state index contributed by atoms with van der Waals surface area (Å²) in [6.07, 6.45) is 1.97. The molecule has 27 heavy (non-hydrogen) atoms. The molecular weight excluding hydrogens is 406 g/mol. The first-order chi connectivity index (χ1) is 13.0. The second-order valence-corrected chi connectivity index (χ2v) is 7.92. The summed E-state index contributed by atoms with van der Waals surface area (Å²) < 4.78 is 13.1. The lowest BCUT2D eigenvalue weighted by Gasteiger charge is -2.41. The Bertz CT molecular complexity index is 786. The molecule has 0 radical (unpaired) electrons. The van der Waals surface area contributed by atoms with E-state index in [0.29, 0.717) is 5.75 Å². The number of carbonyl (C=O) groups is 1. The number of fused-ring (bicyclic) bond motifs is 1. The van der Waals surface area contributed by atoms with Crippen LogP contribution in [0.15, 0.2) is 53.0 Å². The molecule has 5 heteroatoms. The normalized spacial score (nSPS) is 18.7. The van der Waals surface area contributed by atoms with Gasteiger partial charge in [0.05, 0.1) is 6.04 Å².